The monoisotopic (exact) mass is 253 g/mol. The molecule has 0 bridgehead atoms. The number of nitrogens with zero attached hydrogens (tertiary/aromatic N) is 1. The molecule has 0 aliphatic heterocycles. The van der Waals surface area contributed by atoms with Crippen molar-refractivity contribution in [2.75, 3.05) is 14.1 Å². The van der Waals surface area contributed by atoms with E-state index in [1.165, 1.54) is 11.1 Å². The van der Waals surface area contributed by atoms with Crippen LogP contribution in [0.15, 0.2) is 48.5 Å². The maximum atomic E-state index is 11.3. The molecule has 0 saturated heterocycles. The van der Waals surface area contributed by atoms with Crippen LogP contribution >= 0.6 is 0 Å². The molecule has 0 saturated carbocycles. The van der Waals surface area contributed by atoms with Gasteiger partial charge in [-0.1, -0.05) is 42.5 Å². The standard InChI is InChI=1S/C17H19NO/c1-13(19)15-7-9-16(10-8-15)17-6-4-5-14(11-17)12-18(2)3/h4-11H,12H2,1-3H3. The van der Waals surface area contributed by atoms with Crippen molar-refractivity contribution in [2.45, 2.75) is 13.5 Å². The minimum atomic E-state index is 0.105. The van der Waals surface area contributed by atoms with E-state index in [9.17, 15) is 4.79 Å². The summed E-state index contributed by atoms with van der Waals surface area (Å²) in [4.78, 5) is 13.4. The zero-order valence-electron chi connectivity index (χ0n) is 11.7. The Morgan fingerprint density at radius 2 is 1.68 bits per heavy atom. The van der Waals surface area contributed by atoms with E-state index >= 15 is 0 Å². The number of benzene rings is 2. The lowest BCUT2D eigenvalue weighted by atomic mass is 10.0. The van der Waals surface area contributed by atoms with Crippen LogP contribution in [0.2, 0.25) is 0 Å². The van der Waals surface area contributed by atoms with Gasteiger partial charge in [0.2, 0.25) is 0 Å². The van der Waals surface area contributed by atoms with Crippen LogP contribution < -0.4 is 0 Å². The zero-order valence-corrected chi connectivity index (χ0v) is 11.7. The van der Waals surface area contributed by atoms with Crippen molar-refractivity contribution in [2.24, 2.45) is 0 Å². The molecule has 19 heavy (non-hydrogen) atoms. The maximum absolute atomic E-state index is 11.3. The predicted octanol–water partition coefficient (Wildman–Crippen LogP) is 3.62. The van der Waals surface area contributed by atoms with Gasteiger partial charge in [0.05, 0.1) is 0 Å². The second kappa shape index (κ2) is 5.81. The Kier molecular flexibility index (Phi) is 4.13. The van der Waals surface area contributed by atoms with Crippen LogP contribution in [0.1, 0.15) is 22.8 Å². The fraction of sp³-hybridized carbons (Fsp3) is 0.235. The molecule has 0 radical (unpaired) electrons. The van der Waals surface area contributed by atoms with E-state index in [0.717, 1.165) is 17.7 Å². The average molecular weight is 253 g/mol. The summed E-state index contributed by atoms with van der Waals surface area (Å²) in [6.45, 7) is 2.52. The fourth-order valence-electron chi connectivity index (χ4n) is 2.11. The molecule has 0 aliphatic carbocycles. The number of rotatable bonds is 4. The van der Waals surface area contributed by atoms with Crippen molar-refractivity contribution < 1.29 is 4.79 Å². The average Bonchev–Trinajstić information content (AvgIpc) is 2.38. The molecule has 2 heteroatoms. The van der Waals surface area contributed by atoms with Gasteiger partial charge >= 0.3 is 0 Å². The van der Waals surface area contributed by atoms with Gasteiger partial charge in [-0.2, -0.15) is 0 Å². The van der Waals surface area contributed by atoms with Gasteiger partial charge < -0.3 is 4.90 Å². The number of hydrogen-bond acceptors (Lipinski definition) is 2. The molecule has 0 heterocycles. The SMILES string of the molecule is CC(=O)c1ccc(-c2cccc(CN(C)C)c2)cc1. The van der Waals surface area contributed by atoms with E-state index < -0.39 is 0 Å². The Labute approximate surface area is 114 Å². The van der Waals surface area contributed by atoms with Crippen LogP contribution in [0.25, 0.3) is 11.1 Å². The molecule has 0 fully saturated rings. The minimum absolute atomic E-state index is 0.105. The van der Waals surface area contributed by atoms with Crippen molar-refractivity contribution in [3.63, 3.8) is 0 Å². The highest BCUT2D eigenvalue weighted by Crippen LogP contribution is 2.21. The lowest BCUT2D eigenvalue weighted by Crippen LogP contribution is -2.10. The molecule has 0 unspecified atom stereocenters. The van der Waals surface area contributed by atoms with Crippen LogP contribution in [0.5, 0.6) is 0 Å². The highest BCUT2D eigenvalue weighted by molar-refractivity contribution is 5.94. The van der Waals surface area contributed by atoms with Gasteiger partial charge in [-0.05, 0) is 43.8 Å². The summed E-state index contributed by atoms with van der Waals surface area (Å²) >= 11 is 0. The molecule has 98 valence electrons. The largest absolute Gasteiger partial charge is 0.305 e. The predicted molar refractivity (Wildman–Crippen MR) is 79.3 cm³/mol. The summed E-state index contributed by atoms with van der Waals surface area (Å²) < 4.78 is 0. The van der Waals surface area contributed by atoms with Gasteiger partial charge in [-0.15, -0.1) is 0 Å². The number of carbonyl (C=O) groups excluding carboxylic acids is 1. The van der Waals surface area contributed by atoms with E-state index in [2.05, 4.69) is 43.3 Å². The lowest BCUT2D eigenvalue weighted by molar-refractivity contribution is 0.101. The highest BCUT2D eigenvalue weighted by Gasteiger charge is 2.02. The van der Waals surface area contributed by atoms with E-state index in [4.69, 9.17) is 0 Å². The lowest BCUT2D eigenvalue weighted by Gasteiger charge is -2.11. The quantitative estimate of drug-likeness (QED) is 0.776. The molecule has 0 aliphatic rings. The van der Waals surface area contributed by atoms with Crippen molar-refractivity contribution in [3.05, 3.63) is 59.7 Å². The van der Waals surface area contributed by atoms with Gasteiger partial charge in [0.15, 0.2) is 5.78 Å². The first-order chi connectivity index (χ1) is 9.06. The summed E-state index contributed by atoms with van der Waals surface area (Å²) in [5, 5.41) is 0. The first-order valence-corrected chi connectivity index (χ1v) is 6.41. The Morgan fingerprint density at radius 1 is 1.00 bits per heavy atom. The molecule has 2 aromatic rings. The maximum Gasteiger partial charge on any atom is 0.159 e. The van der Waals surface area contributed by atoms with Crippen molar-refractivity contribution >= 4 is 5.78 Å². The Balaban J connectivity index is 2.28. The topological polar surface area (TPSA) is 20.3 Å². The van der Waals surface area contributed by atoms with E-state index in [-0.39, 0.29) is 5.78 Å². The number of Topliss-reactive ketones (excluding diaryl/α,β-unsaturated/α-hetero) is 1. The molecule has 2 nitrogen and oxygen atoms in total. The normalized spacial score (nSPS) is 10.7. The van der Waals surface area contributed by atoms with Gasteiger partial charge in [0, 0.05) is 12.1 Å². The molecule has 2 rings (SSSR count). The number of carbonyl (C=O) groups is 1. The van der Waals surface area contributed by atoms with Gasteiger partial charge in [0.1, 0.15) is 0 Å². The van der Waals surface area contributed by atoms with Crippen molar-refractivity contribution in [1.29, 1.82) is 0 Å². The Morgan fingerprint density at radius 3 is 2.26 bits per heavy atom. The molecule has 0 N–H and O–H groups in total. The van der Waals surface area contributed by atoms with Crippen molar-refractivity contribution in [1.82, 2.24) is 4.90 Å². The van der Waals surface area contributed by atoms with Crippen LogP contribution in [-0.2, 0) is 6.54 Å². The van der Waals surface area contributed by atoms with Crippen LogP contribution in [0, 0.1) is 0 Å². The van der Waals surface area contributed by atoms with Crippen LogP contribution in [0.3, 0.4) is 0 Å². The second-order valence-electron chi connectivity index (χ2n) is 5.07. The molecule has 0 spiro atoms. The molecule has 0 aromatic heterocycles. The third-order valence-electron chi connectivity index (χ3n) is 3.05. The first-order valence-electron chi connectivity index (χ1n) is 6.41. The third kappa shape index (κ3) is 3.52. The highest BCUT2D eigenvalue weighted by atomic mass is 16.1. The van der Waals surface area contributed by atoms with Gasteiger partial charge in [-0.3, -0.25) is 4.79 Å². The minimum Gasteiger partial charge on any atom is -0.305 e. The summed E-state index contributed by atoms with van der Waals surface area (Å²) in [5.41, 5.74) is 4.38. The molecule has 2 aromatic carbocycles. The Bertz CT molecular complexity index is 570. The van der Waals surface area contributed by atoms with Gasteiger partial charge in [-0.25, -0.2) is 0 Å². The second-order valence-corrected chi connectivity index (χ2v) is 5.07. The third-order valence-corrected chi connectivity index (χ3v) is 3.05. The summed E-state index contributed by atoms with van der Waals surface area (Å²) in [6.07, 6.45) is 0. The van der Waals surface area contributed by atoms with E-state index in [0.29, 0.717) is 0 Å². The smallest absolute Gasteiger partial charge is 0.159 e. The van der Waals surface area contributed by atoms with Gasteiger partial charge in [0.25, 0.3) is 0 Å². The number of ketones is 1. The van der Waals surface area contributed by atoms with E-state index in [1.807, 2.05) is 24.3 Å². The van der Waals surface area contributed by atoms with Crippen LogP contribution in [0.4, 0.5) is 0 Å². The summed E-state index contributed by atoms with van der Waals surface area (Å²) in [5.74, 6) is 0.105. The molecular weight excluding hydrogens is 234 g/mol. The fourth-order valence-corrected chi connectivity index (χ4v) is 2.11. The summed E-state index contributed by atoms with van der Waals surface area (Å²) in [6, 6.07) is 16.3. The zero-order chi connectivity index (χ0) is 13.8. The molecular formula is C17H19NO. The van der Waals surface area contributed by atoms with Crippen molar-refractivity contribution in [3.8, 4) is 11.1 Å². The van der Waals surface area contributed by atoms with Crippen LogP contribution in [-0.4, -0.2) is 24.8 Å². The summed E-state index contributed by atoms with van der Waals surface area (Å²) in [7, 11) is 4.13. The first kappa shape index (κ1) is 13.5. The Hall–Kier alpha value is -1.93. The van der Waals surface area contributed by atoms with E-state index in [1.54, 1.807) is 6.92 Å². The molecule has 0 amide bonds. The number of hydrogen-bond donors (Lipinski definition) is 0. The molecule has 0 atom stereocenters.